The van der Waals surface area contributed by atoms with Gasteiger partial charge >= 0.3 is 0 Å². The molecule has 0 aromatic heterocycles. The number of hydrogen-bond donors (Lipinski definition) is 2. The second-order valence-corrected chi connectivity index (χ2v) is 4.20. The van der Waals surface area contributed by atoms with Gasteiger partial charge in [-0.05, 0) is 33.0 Å². The van der Waals surface area contributed by atoms with Crippen molar-refractivity contribution < 1.29 is 4.79 Å². The highest BCUT2D eigenvalue weighted by atomic mass is 35.5. The summed E-state index contributed by atoms with van der Waals surface area (Å²) in [5.74, 6) is 0.178. The van der Waals surface area contributed by atoms with Gasteiger partial charge < -0.3 is 16.0 Å². The highest BCUT2D eigenvalue weighted by Crippen LogP contribution is 2.01. The third kappa shape index (κ3) is 16.0. The zero-order valence-electron chi connectivity index (χ0n) is 11.6. The van der Waals surface area contributed by atoms with Gasteiger partial charge in [-0.3, -0.25) is 4.79 Å². The highest BCUT2D eigenvalue weighted by molar-refractivity contribution is 5.85. The Morgan fingerprint density at radius 1 is 1.17 bits per heavy atom. The number of amides is 1. The van der Waals surface area contributed by atoms with Crippen molar-refractivity contribution >= 4 is 30.7 Å². The van der Waals surface area contributed by atoms with Gasteiger partial charge in [0.1, 0.15) is 0 Å². The van der Waals surface area contributed by atoms with Crippen LogP contribution in [0.2, 0.25) is 0 Å². The number of carbonyl (C=O) groups is 1. The minimum atomic E-state index is 0. The summed E-state index contributed by atoms with van der Waals surface area (Å²) in [4.78, 5) is 13.6. The maximum Gasteiger partial charge on any atom is 0.220 e. The molecule has 4 nitrogen and oxygen atoms in total. The summed E-state index contributed by atoms with van der Waals surface area (Å²) in [7, 11) is 2.05. The Bertz CT molecular complexity index is 183. The van der Waals surface area contributed by atoms with E-state index in [-0.39, 0.29) is 30.7 Å². The van der Waals surface area contributed by atoms with Gasteiger partial charge in [-0.1, -0.05) is 19.8 Å². The van der Waals surface area contributed by atoms with E-state index >= 15 is 0 Å². The summed E-state index contributed by atoms with van der Waals surface area (Å²) in [6.07, 6.45) is 4.96. The Morgan fingerprint density at radius 2 is 1.78 bits per heavy atom. The number of rotatable bonds is 10. The van der Waals surface area contributed by atoms with Crippen LogP contribution in [0.1, 0.15) is 39.0 Å². The minimum absolute atomic E-state index is 0. The first-order valence-corrected chi connectivity index (χ1v) is 6.36. The maximum atomic E-state index is 11.4. The fraction of sp³-hybridized carbons (Fsp3) is 0.917. The number of nitrogens with one attached hydrogen (secondary N) is 1. The molecular formula is C12H29Cl2N3O. The van der Waals surface area contributed by atoms with Crippen LogP contribution in [-0.2, 0) is 4.79 Å². The van der Waals surface area contributed by atoms with Gasteiger partial charge in [-0.15, -0.1) is 24.8 Å². The number of carbonyl (C=O) groups excluding carboxylic acids is 1. The van der Waals surface area contributed by atoms with Crippen LogP contribution < -0.4 is 11.1 Å². The number of likely N-dealkylation sites (N-methyl/N-ethyl adjacent to an activating group) is 1. The molecule has 0 saturated carbocycles. The third-order valence-corrected chi connectivity index (χ3v) is 2.71. The topological polar surface area (TPSA) is 58.4 Å². The van der Waals surface area contributed by atoms with Gasteiger partial charge in [0.05, 0.1) is 0 Å². The molecule has 18 heavy (non-hydrogen) atoms. The van der Waals surface area contributed by atoms with Crippen molar-refractivity contribution in [1.82, 2.24) is 10.2 Å². The summed E-state index contributed by atoms with van der Waals surface area (Å²) < 4.78 is 0. The lowest BCUT2D eigenvalue weighted by molar-refractivity contribution is -0.121. The van der Waals surface area contributed by atoms with Crippen molar-refractivity contribution in [3.8, 4) is 0 Å². The van der Waals surface area contributed by atoms with Crippen molar-refractivity contribution in [2.45, 2.75) is 39.0 Å². The molecule has 0 fully saturated rings. The fourth-order valence-corrected chi connectivity index (χ4v) is 1.42. The van der Waals surface area contributed by atoms with E-state index in [4.69, 9.17) is 5.73 Å². The first kappa shape index (κ1) is 23.1. The molecule has 0 aliphatic rings. The molecule has 112 valence electrons. The van der Waals surface area contributed by atoms with Crippen molar-refractivity contribution in [1.29, 1.82) is 0 Å². The number of nitrogens with zero attached hydrogens (tertiary/aromatic N) is 1. The average molecular weight is 302 g/mol. The van der Waals surface area contributed by atoms with Crippen molar-refractivity contribution in [3.63, 3.8) is 0 Å². The SMILES string of the molecule is CCN(C)CCNC(=O)CCCCCCN.Cl.Cl. The van der Waals surface area contributed by atoms with Gasteiger partial charge in [0.15, 0.2) is 0 Å². The Labute approximate surface area is 124 Å². The normalized spacial score (nSPS) is 9.56. The van der Waals surface area contributed by atoms with Crippen LogP contribution >= 0.6 is 24.8 Å². The zero-order valence-corrected chi connectivity index (χ0v) is 13.2. The lowest BCUT2D eigenvalue weighted by Crippen LogP contribution is -2.32. The van der Waals surface area contributed by atoms with Crippen LogP contribution in [0.25, 0.3) is 0 Å². The van der Waals surface area contributed by atoms with E-state index in [0.29, 0.717) is 6.42 Å². The quantitative estimate of drug-likeness (QED) is 0.605. The molecule has 0 radical (unpaired) electrons. The van der Waals surface area contributed by atoms with Gasteiger partial charge in [-0.25, -0.2) is 0 Å². The number of halogens is 2. The molecule has 1 amide bonds. The predicted octanol–water partition coefficient (Wildman–Crippen LogP) is 1.81. The van der Waals surface area contributed by atoms with Crippen LogP contribution in [0.5, 0.6) is 0 Å². The molecule has 0 aromatic rings. The second-order valence-electron chi connectivity index (χ2n) is 4.20. The minimum Gasteiger partial charge on any atom is -0.355 e. The second kappa shape index (κ2) is 17.0. The molecule has 6 heteroatoms. The van der Waals surface area contributed by atoms with Gasteiger partial charge in [-0.2, -0.15) is 0 Å². The van der Waals surface area contributed by atoms with Crippen molar-refractivity contribution in [3.05, 3.63) is 0 Å². The Hall–Kier alpha value is -0.0300. The number of unbranched alkanes of at least 4 members (excludes halogenated alkanes) is 3. The highest BCUT2D eigenvalue weighted by Gasteiger charge is 2.01. The van der Waals surface area contributed by atoms with E-state index in [1.54, 1.807) is 0 Å². The van der Waals surface area contributed by atoms with Crippen LogP contribution in [0, 0.1) is 0 Å². The lowest BCUT2D eigenvalue weighted by atomic mass is 10.1. The smallest absolute Gasteiger partial charge is 0.220 e. The standard InChI is InChI=1S/C12H27N3O.2ClH/c1-3-15(2)11-10-14-12(16)8-6-4-5-7-9-13;;/h3-11,13H2,1-2H3,(H,14,16);2*1H. The molecule has 0 bridgehead atoms. The van der Waals surface area contributed by atoms with Crippen molar-refractivity contribution in [2.24, 2.45) is 5.73 Å². The van der Waals surface area contributed by atoms with E-state index in [0.717, 1.165) is 51.9 Å². The Balaban J connectivity index is -0.00000112. The fourth-order valence-electron chi connectivity index (χ4n) is 1.42. The Morgan fingerprint density at radius 3 is 2.33 bits per heavy atom. The predicted molar refractivity (Wildman–Crippen MR) is 82.8 cm³/mol. The molecule has 0 saturated heterocycles. The van der Waals surface area contributed by atoms with Crippen LogP contribution in [0.3, 0.4) is 0 Å². The Kier molecular flexibility index (Phi) is 21.8. The van der Waals surface area contributed by atoms with Crippen LogP contribution in [0.4, 0.5) is 0 Å². The summed E-state index contributed by atoms with van der Waals surface area (Å²) in [6.45, 7) is 5.57. The first-order chi connectivity index (χ1) is 7.70. The third-order valence-electron chi connectivity index (χ3n) is 2.71. The van der Waals surface area contributed by atoms with E-state index in [1.165, 1.54) is 0 Å². The van der Waals surface area contributed by atoms with Gasteiger partial charge in [0, 0.05) is 19.5 Å². The summed E-state index contributed by atoms with van der Waals surface area (Å²) >= 11 is 0. The zero-order chi connectivity index (χ0) is 12.2. The largest absolute Gasteiger partial charge is 0.355 e. The van der Waals surface area contributed by atoms with E-state index < -0.39 is 0 Å². The molecular weight excluding hydrogens is 273 g/mol. The van der Waals surface area contributed by atoms with Gasteiger partial charge in [0.2, 0.25) is 5.91 Å². The van der Waals surface area contributed by atoms with Crippen LogP contribution in [0.15, 0.2) is 0 Å². The summed E-state index contributed by atoms with van der Waals surface area (Å²) in [5, 5.41) is 2.93. The molecule has 0 aromatic carbocycles. The molecule has 0 aliphatic carbocycles. The van der Waals surface area contributed by atoms with E-state index in [9.17, 15) is 4.79 Å². The summed E-state index contributed by atoms with van der Waals surface area (Å²) in [6, 6.07) is 0. The molecule has 0 aliphatic heterocycles. The van der Waals surface area contributed by atoms with Gasteiger partial charge in [0.25, 0.3) is 0 Å². The van der Waals surface area contributed by atoms with Crippen LogP contribution in [-0.4, -0.2) is 44.0 Å². The monoisotopic (exact) mass is 301 g/mol. The average Bonchev–Trinajstić information content (AvgIpc) is 2.28. The molecule has 0 rings (SSSR count). The van der Waals surface area contributed by atoms with Crippen molar-refractivity contribution in [2.75, 3.05) is 33.2 Å². The molecule has 0 heterocycles. The maximum absolute atomic E-state index is 11.4. The van der Waals surface area contributed by atoms with E-state index in [1.807, 2.05) is 0 Å². The number of nitrogens with two attached hydrogens (primary N) is 1. The summed E-state index contributed by atoms with van der Waals surface area (Å²) in [5.41, 5.74) is 5.39. The van der Waals surface area contributed by atoms with E-state index in [2.05, 4.69) is 24.2 Å². The molecule has 0 unspecified atom stereocenters. The first-order valence-electron chi connectivity index (χ1n) is 6.36. The lowest BCUT2D eigenvalue weighted by Gasteiger charge is -2.13. The molecule has 3 N–H and O–H groups in total. The number of hydrogen-bond acceptors (Lipinski definition) is 3. The molecule has 0 atom stereocenters. The molecule has 0 spiro atoms.